The lowest BCUT2D eigenvalue weighted by atomic mass is 9.54. The van der Waals surface area contributed by atoms with Crippen LogP contribution >= 0.6 is 11.8 Å². The summed E-state index contributed by atoms with van der Waals surface area (Å²) in [6.45, 7) is 1.89. The van der Waals surface area contributed by atoms with Gasteiger partial charge in [0.15, 0.2) is 11.6 Å². The third kappa shape index (κ3) is 2.98. The predicted molar refractivity (Wildman–Crippen MR) is 105 cm³/mol. The van der Waals surface area contributed by atoms with Gasteiger partial charge in [-0.05, 0) is 81.1 Å². The summed E-state index contributed by atoms with van der Waals surface area (Å²) in [7, 11) is 0. The van der Waals surface area contributed by atoms with Crippen molar-refractivity contribution >= 4 is 17.7 Å². The smallest absolute Gasteiger partial charge is 0.256 e. The maximum absolute atomic E-state index is 13.2. The van der Waals surface area contributed by atoms with Crippen LogP contribution in [0.15, 0.2) is 27.8 Å². The number of carbonyl (C=O) groups is 1. The van der Waals surface area contributed by atoms with Crippen LogP contribution in [0.1, 0.15) is 48.2 Å². The second kappa shape index (κ2) is 6.66. The predicted octanol–water partition coefficient (Wildman–Crippen LogP) is 4.32. The lowest BCUT2D eigenvalue weighted by Crippen LogP contribution is -2.56. The van der Waals surface area contributed by atoms with Gasteiger partial charge >= 0.3 is 0 Å². The molecule has 0 atom stereocenters. The Hall–Kier alpha value is -1.82. The van der Waals surface area contributed by atoms with Gasteiger partial charge in [-0.3, -0.25) is 4.79 Å². The molecule has 1 N–H and O–H groups in total. The molecule has 5 nitrogen and oxygen atoms in total. The molecule has 0 aromatic carbocycles. The Balaban J connectivity index is 1.41. The number of furan rings is 1. The first-order valence-corrected chi connectivity index (χ1v) is 11.1. The Morgan fingerprint density at radius 3 is 2.44 bits per heavy atom. The summed E-state index contributed by atoms with van der Waals surface area (Å²) in [5.74, 6) is 4.27. The maximum Gasteiger partial charge on any atom is 0.256 e. The molecule has 4 aliphatic carbocycles. The SMILES string of the molecule is CSc1nc(-c2ccco2)nc(C)c1C(=O)NC1C2CC3CC(C2)CC1C3. The fourth-order valence-electron chi connectivity index (χ4n) is 5.86. The van der Waals surface area contributed by atoms with Crippen LogP contribution in [0, 0.1) is 30.6 Å². The minimum atomic E-state index is -0.0136. The highest BCUT2D eigenvalue weighted by Crippen LogP contribution is 2.53. The Labute approximate surface area is 163 Å². The van der Waals surface area contributed by atoms with Crippen molar-refractivity contribution in [1.29, 1.82) is 0 Å². The first kappa shape index (κ1) is 17.3. The standard InChI is InChI=1S/C21H25N3O2S/c1-11-17(21(27-2)24-19(22-11)16-4-3-5-26-16)20(25)23-18-14-7-12-6-13(9-14)10-15(18)8-12/h3-5,12-15,18H,6-10H2,1-2H3,(H,23,25). The van der Waals surface area contributed by atoms with Gasteiger partial charge in [0.25, 0.3) is 5.91 Å². The van der Waals surface area contributed by atoms with E-state index in [4.69, 9.17) is 4.42 Å². The van der Waals surface area contributed by atoms with E-state index in [1.165, 1.54) is 43.9 Å². The van der Waals surface area contributed by atoms with Crippen molar-refractivity contribution in [2.45, 2.75) is 50.1 Å². The zero-order chi connectivity index (χ0) is 18.5. The number of hydrogen-bond donors (Lipinski definition) is 1. The number of amides is 1. The summed E-state index contributed by atoms with van der Waals surface area (Å²) in [5, 5.41) is 4.11. The van der Waals surface area contributed by atoms with E-state index < -0.39 is 0 Å². The molecule has 0 aliphatic heterocycles. The van der Waals surface area contributed by atoms with Gasteiger partial charge in [0.2, 0.25) is 0 Å². The van der Waals surface area contributed by atoms with E-state index in [-0.39, 0.29) is 5.91 Å². The summed E-state index contributed by atoms with van der Waals surface area (Å²) in [6.07, 6.45) is 10.2. The molecule has 4 saturated carbocycles. The molecule has 2 aromatic heterocycles. The van der Waals surface area contributed by atoms with Crippen LogP contribution in [0.25, 0.3) is 11.6 Å². The quantitative estimate of drug-likeness (QED) is 0.629. The molecular formula is C21H25N3O2S. The molecule has 4 fully saturated rings. The van der Waals surface area contributed by atoms with Gasteiger partial charge in [0.05, 0.1) is 17.5 Å². The molecule has 142 valence electrons. The van der Waals surface area contributed by atoms with Crippen molar-refractivity contribution in [3.05, 3.63) is 29.7 Å². The molecule has 4 aliphatic rings. The average molecular weight is 384 g/mol. The van der Waals surface area contributed by atoms with E-state index in [1.807, 2.05) is 25.3 Å². The monoisotopic (exact) mass is 383 g/mol. The molecule has 0 spiro atoms. The summed E-state index contributed by atoms with van der Waals surface area (Å²) < 4.78 is 5.43. The third-order valence-electron chi connectivity index (χ3n) is 6.74. The molecule has 1 amide bonds. The van der Waals surface area contributed by atoms with Crippen LogP contribution in [-0.2, 0) is 0 Å². The molecule has 6 rings (SSSR count). The van der Waals surface area contributed by atoms with Gasteiger partial charge in [-0.1, -0.05) is 0 Å². The zero-order valence-corrected chi connectivity index (χ0v) is 16.6. The van der Waals surface area contributed by atoms with Gasteiger partial charge in [0.1, 0.15) is 5.03 Å². The maximum atomic E-state index is 13.2. The Morgan fingerprint density at radius 1 is 1.15 bits per heavy atom. The molecule has 4 bridgehead atoms. The molecular weight excluding hydrogens is 358 g/mol. The number of nitrogens with zero attached hydrogens (tertiary/aromatic N) is 2. The van der Waals surface area contributed by atoms with Crippen molar-refractivity contribution in [2.24, 2.45) is 23.7 Å². The first-order chi connectivity index (χ1) is 13.1. The fraction of sp³-hybridized carbons (Fsp3) is 0.571. The molecule has 0 unspecified atom stereocenters. The number of thioether (sulfide) groups is 1. The van der Waals surface area contributed by atoms with Crippen LogP contribution in [0.3, 0.4) is 0 Å². The van der Waals surface area contributed by atoms with E-state index >= 15 is 0 Å². The van der Waals surface area contributed by atoms with E-state index in [0.717, 1.165) is 16.9 Å². The summed E-state index contributed by atoms with van der Waals surface area (Å²) in [6, 6.07) is 3.98. The Kier molecular flexibility index (Phi) is 4.26. The number of rotatable bonds is 4. The van der Waals surface area contributed by atoms with Gasteiger partial charge in [0, 0.05) is 6.04 Å². The Bertz CT molecular complexity index is 837. The minimum absolute atomic E-state index is 0.0136. The number of carbonyl (C=O) groups excluding carboxylic acids is 1. The van der Waals surface area contributed by atoms with Crippen molar-refractivity contribution in [3.8, 4) is 11.6 Å². The lowest BCUT2D eigenvalue weighted by Gasteiger charge is -2.54. The van der Waals surface area contributed by atoms with Crippen LogP contribution in [0.2, 0.25) is 0 Å². The van der Waals surface area contributed by atoms with Gasteiger partial charge < -0.3 is 9.73 Å². The Morgan fingerprint density at radius 2 is 1.85 bits per heavy atom. The van der Waals surface area contributed by atoms with Gasteiger partial charge in [-0.15, -0.1) is 11.8 Å². The average Bonchev–Trinajstić information content (AvgIpc) is 3.18. The fourth-order valence-corrected chi connectivity index (χ4v) is 6.48. The molecule has 2 heterocycles. The van der Waals surface area contributed by atoms with Crippen molar-refractivity contribution in [3.63, 3.8) is 0 Å². The van der Waals surface area contributed by atoms with Crippen LogP contribution in [0.4, 0.5) is 0 Å². The van der Waals surface area contributed by atoms with E-state index in [9.17, 15) is 4.79 Å². The summed E-state index contributed by atoms with van der Waals surface area (Å²) in [4.78, 5) is 22.4. The van der Waals surface area contributed by atoms with Gasteiger partial charge in [-0.25, -0.2) is 9.97 Å². The number of aryl methyl sites for hydroxylation is 1. The highest BCUT2D eigenvalue weighted by Gasteiger charge is 2.48. The topological polar surface area (TPSA) is 68.0 Å². The van der Waals surface area contributed by atoms with E-state index in [0.29, 0.717) is 40.7 Å². The van der Waals surface area contributed by atoms with E-state index in [2.05, 4.69) is 15.3 Å². The van der Waals surface area contributed by atoms with Crippen molar-refractivity contribution in [2.75, 3.05) is 6.26 Å². The number of aromatic nitrogens is 2. The van der Waals surface area contributed by atoms with E-state index in [1.54, 1.807) is 6.26 Å². The highest BCUT2D eigenvalue weighted by atomic mass is 32.2. The van der Waals surface area contributed by atoms with Crippen LogP contribution < -0.4 is 5.32 Å². The molecule has 0 saturated heterocycles. The van der Waals surface area contributed by atoms with Crippen molar-refractivity contribution < 1.29 is 9.21 Å². The normalized spacial score (nSPS) is 31.3. The summed E-state index contributed by atoms with van der Waals surface area (Å²) in [5.41, 5.74) is 1.33. The van der Waals surface area contributed by atoms with Crippen LogP contribution in [-0.4, -0.2) is 28.2 Å². The molecule has 27 heavy (non-hydrogen) atoms. The molecule has 2 aromatic rings. The first-order valence-electron chi connectivity index (χ1n) is 9.89. The lowest BCUT2D eigenvalue weighted by molar-refractivity contribution is -0.0120. The van der Waals surface area contributed by atoms with Crippen molar-refractivity contribution in [1.82, 2.24) is 15.3 Å². The third-order valence-corrected chi connectivity index (χ3v) is 7.43. The van der Waals surface area contributed by atoms with Crippen LogP contribution in [0.5, 0.6) is 0 Å². The molecule has 6 heteroatoms. The second-order valence-electron chi connectivity index (χ2n) is 8.42. The number of nitrogens with one attached hydrogen (secondary N) is 1. The number of hydrogen-bond acceptors (Lipinski definition) is 5. The summed E-state index contributed by atoms with van der Waals surface area (Å²) >= 11 is 1.49. The molecule has 0 radical (unpaired) electrons. The highest BCUT2D eigenvalue weighted by molar-refractivity contribution is 7.98. The van der Waals surface area contributed by atoms with Gasteiger partial charge in [-0.2, -0.15) is 0 Å². The second-order valence-corrected chi connectivity index (χ2v) is 9.22. The minimum Gasteiger partial charge on any atom is -0.461 e. The largest absolute Gasteiger partial charge is 0.461 e. The zero-order valence-electron chi connectivity index (χ0n) is 15.8.